The first-order valence-corrected chi connectivity index (χ1v) is 8.01. The minimum absolute atomic E-state index is 0.0948. The van der Waals surface area contributed by atoms with Crippen molar-refractivity contribution in [3.05, 3.63) is 64.2 Å². The monoisotopic (exact) mass is 343 g/mol. The molecule has 0 saturated heterocycles. The van der Waals surface area contributed by atoms with Crippen LogP contribution >= 0.6 is 11.6 Å². The molecular formula is C19H18ClNO3. The lowest BCUT2D eigenvalue weighted by atomic mass is 9.95. The molecule has 5 heteroatoms. The zero-order valence-corrected chi connectivity index (χ0v) is 14.3. The van der Waals surface area contributed by atoms with Crippen LogP contribution in [0.25, 0.3) is 5.70 Å². The first-order valence-electron chi connectivity index (χ1n) is 7.63. The molecule has 0 aromatic heterocycles. The Kier molecular flexibility index (Phi) is 4.76. The van der Waals surface area contributed by atoms with Crippen LogP contribution in [-0.2, 0) is 6.42 Å². The zero-order valence-electron chi connectivity index (χ0n) is 13.6. The molecular weight excluding hydrogens is 326 g/mol. The number of nitrogens with one attached hydrogen (secondary N) is 1. The summed E-state index contributed by atoms with van der Waals surface area (Å²) in [6, 6.07) is 10.8. The fourth-order valence-electron chi connectivity index (χ4n) is 2.79. The highest BCUT2D eigenvalue weighted by atomic mass is 35.5. The molecule has 4 nitrogen and oxygen atoms in total. The molecule has 2 aromatic rings. The van der Waals surface area contributed by atoms with Crippen molar-refractivity contribution in [1.82, 2.24) is 5.32 Å². The van der Waals surface area contributed by atoms with Crippen LogP contribution in [0.5, 0.6) is 11.5 Å². The van der Waals surface area contributed by atoms with E-state index < -0.39 is 0 Å². The Balaban J connectivity index is 2.01. The van der Waals surface area contributed by atoms with Crippen LogP contribution in [0.2, 0.25) is 5.02 Å². The number of ether oxygens (including phenoxy) is 2. The Morgan fingerprint density at radius 3 is 2.62 bits per heavy atom. The summed E-state index contributed by atoms with van der Waals surface area (Å²) in [5.41, 5.74) is 3.41. The van der Waals surface area contributed by atoms with Crippen molar-refractivity contribution >= 4 is 23.1 Å². The topological polar surface area (TPSA) is 47.6 Å². The van der Waals surface area contributed by atoms with E-state index >= 15 is 0 Å². The second kappa shape index (κ2) is 6.97. The third kappa shape index (κ3) is 3.24. The summed E-state index contributed by atoms with van der Waals surface area (Å²) in [4.78, 5) is 12.5. The van der Waals surface area contributed by atoms with Crippen LogP contribution in [0.3, 0.4) is 0 Å². The van der Waals surface area contributed by atoms with E-state index in [1.54, 1.807) is 44.6 Å². The normalized spacial score (nSPS) is 14.7. The molecule has 3 rings (SSSR count). The van der Waals surface area contributed by atoms with Gasteiger partial charge in [-0.3, -0.25) is 4.79 Å². The Labute approximate surface area is 146 Å². The Morgan fingerprint density at radius 2 is 1.92 bits per heavy atom. The fourth-order valence-corrected chi connectivity index (χ4v) is 2.98. The SMILES string of the molecule is COc1cc2c(cc1OC)/C(=C/C(=O)c1cccc(Cl)c1)NCC2. The van der Waals surface area contributed by atoms with Crippen LogP contribution in [0.1, 0.15) is 21.5 Å². The van der Waals surface area contributed by atoms with Crippen molar-refractivity contribution in [2.24, 2.45) is 0 Å². The van der Waals surface area contributed by atoms with Crippen molar-refractivity contribution in [2.75, 3.05) is 20.8 Å². The first kappa shape index (κ1) is 16.4. The van der Waals surface area contributed by atoms with Gasteiger partial charge in [0, 0.05) is 34.5 Å². The average molecular weight is 344 g/mol. The lowest BCUT2D eigenvalue weighted by Crippen LogP contribution is -2.23. The van der Waals surface area contributed by atoms with E-state index in [-0.39, 0.29) is 5.78 Å². The molecule has 0 aliphatic carbocycles. The molecule has 0 spiro atoms. The number of fused-ring (bicyclic) bond motifs is 1. The second-order valence-corrected chi connectivity index (χ2v) is 5.91. The third-order valence-corrected chi connectivity index (χ3v) is 4.23. The van der Waals surface area contributed by atoms with Gasteiger partial charge in [-0.2, -0.15) is 0 Å². The predicted octanol–water partition coefficient (Wildman–Crippen LogP) is 3.73. The van der Waals surface area contributed by atoms with Gasteiger partial charge in [0.25, 0.3) is 0 Å². The number of ketones is 1. The minimum Gasteiger partial charge on any atom is -0.493 e. The van der Waals surface area contributed by atoms with Crippen LogP contribution in [0, 0.1) is 0 Å². The van der Waals surface area contributed by atoms with Crippen LogP contribution in [0.15, 0.2) is 42.5 Å². The molecule has 0 bridgehead atoms. The molecule has 0 amide bonds. The summed E-state index contributed by atoms with van der Waals surface area (Å²) in [5.74, 6) is 1.24. The maximum Gasteiger partial charge on any atom is 0.187 e. The number of hydrogen-bond donors (Lipinski definition) is 1. The van der Waals surface area contributed by atoms with E-state index in [0.717, 1.165) is 29.8 Å². The molecule has 0 radical (unpaired) electrons. The number of benzene rings is 2. The average Bonchev–Trinajstić information content (AvgIpc) is 2.60. The molecule has 0 saturated carbocycles. The number of rotatable bonds is 4. The molecule has 1 aliphatic rings. The first-order chi connectivity index (χ1) is 11.6. The van der Waals surface area contributed by atoms with E-state index in [1.807, 2.05) is 12.1 Å². The van der Waals surface area contributed by atoms with Crippen LogP contribution in [-0.4, -0.2) is 26.5 Å². The van der Waals surface area contributed by atoms with Crippen molar-refractivity contribution in [2.45, 2.75) is 6.42 Å². The van der Waals surface area contributed by atoms with Gasteiger partial charge in [0.05, 0.1) is 14.2 Å². The number of halogens is 1. The maximum absolute atomic E-state index is 12.5. The van der Waals surface area contributed by atoms with Gasteiger partial charge >= 0.3 is 0 Å². The quantitative estimate of drug-likeness (QED) is 0.679. The molecule has 2 aromatic carbocycles. The number of hydrogen-bond acceptors (Lipinski definition) is 4. The van der Waals surface area contributed by atoms with Gasteiger partial charge in [-0.25, -0.2) is 0 Å². The van der Waals surface area contributed by atoms with Gasteiger partial charge in [0.2, 0.25) is 0 Å². The standard InChI is InChI=1S/C19H18ClNO3/c1-23-18-9-12-6-7-21-16(15(12)10-19(18)24-2)11-17(22)13-4-3-5-14(20)8-13/h3-5,8-11,21H,6-7H2,1-2H3/b16-11-. The summed E-state index contributed by atoms with van der Waals surface area (Å²) in [6.07, 6.45) is 2.47. The number of carbonyl (C=O) groups excluding carboxylic acids is 1. The molecule has 124 valence electrons. The van der Waals surface area contributed by atoms with E-state index in [9.17, 15) is 4.79 Å². The molecule has 0 unspecified atom stereocenters. The van der Waals surface area contributed by atoms with Crippen LogP contribution in [0.4, 0.5) is 0 Å². The largest absolute Gasteiger partial charge is 0.493 e. The van der Waals surface area contributed by atoms with E-state index in [4.69, 9.17) is 21.1 Å². The molecule has 0 atom stereocenters. The van der Waals surface area contributed by atoms with Gasteiger partial charge < -0.3 is 14.8 Å². The Bertz CT molecular complexity index is 814. The lowest BCUT2D eigenvalue weighted by molar-refractivity contribution is 0.104. The van der Waals surface area contributed by atoms with Gasteiger partial charge in [0.1, 0.15) is 0 Å². The van der Waals surface area contributed by atoms with E-state index in [2.05, 4.69) is 5.32 Å². The van der Waals surface area contributed by atoms with Gasteiger partial charge in [-0.15, -0.1) is 0 Å². The summed E-state index contributed by atoms with van der Waals surface area (Å²) in [5, 5.41) is 3.83. The summed E-state index contributed by atoms with van der Waals surface area (Å²) in [6.45, 7) is 0.761. The van der Waals surface area contributed by atoms with Gasteiger partial charge in [0.15, 0.2) is 17.3 Å². The second-order valence-electron chi connectivity index (χ2n) is 5.47. The van der Waals surface area contributed by atoms with Crippen LogP contribution < -0.4 is 14.8 Å². The number of methoxy groups -OCH3 is 2. The van der Waals surface area contributed by atoms with E-state index in [0.29, 0.717) is 22.1 Å². The smallest absolute Gasteiger partial charge is 0.187 e. The van der Waals surface area contributed by atoms with E-state index in [1.165, 1.54) is 0 Å². The molecule has 1 heterocycles. The van der Waals surface area contributed by atoms with Gasteiger partial charge in [-0.05, 0) is 36.2 Å². The fraction of sp³-hybridized carbons (Fsp3) is 0.211. The Hall–Kier alpha value is -2.46. The third-order valence-electron chi connectivity index (χ3n) is 3.99. The summed E-state index contributed by atoms with van der Waals surface area (Å²) < 4.78 is 10.7. The maximum atomic E-state index is 12.5. The van der Waals surface area contributed by atoms with Crippen molar-refractivity contribution in [1.29, 1.82) is 0 Å². The zero-order chi connectivity index (χ0) is 17.1. The molecule has 1 N–H and O–H groups in total. The Morgan fingerprint density at radius 1 is 1.17 bits per heavy atom. The van der Waals surface area contributed by atoms with Crippen molar-refractivity contribution < 1.29 is 14.3 Å². The molecule has 0 fully saturated rings. The predicted molar refractivity (Wildman–Crippen MR) is 95.0 cm³/mol. The highest BCUT2D eigenvalue weighted by molar-refractivity contribution is 6.31. The van der Waals surface area contributed by atoms with Crippen molar-refractivity contribution in [3.63, 3.8) is 0 Å². The van der Waals surface area contributed by atoms with Crippen molar-refractivity contribution in [3.8, 4) is 11.5 Å². The summed E-state index contributed by atoms with van der Waals surface area (Å²) >= 11 is 5.97. The lowest BCUT2D eigenvalue weighted by Gasteiger charge is -2.23. The molecule has 1 aliphatic heterocycles. The number of allylic oxidation sites excluding steroid dienone is 1. The summed E-state index contributed by atoms with van der Waals surface area (Å²) in [7, 11) is 3.21. The van der Waals surface area contributed by atoms with Gasteiger partial charge in [-0.1, -0.05) is 23.7 Å². The molecule has 24 heavy (non-hydrogen) atoms. The number of carbonyl (C=O) groups is 1. The minimum atomic E-state index is -0.0948. The highest BCUT2D eigenvalue weighted by Crippen LogP contribution is 2.34. The highest BCUT2D eigenvalue weighted by Gasteiger charge is 2.19.